The molecule has 1 aromatic heterocycles. The van der Waals surface area contributed by atoms with E-state index in [1.165, 1.54) is 0 Å². The number of ether oxygens (including phenoxy) is 2. The highest BCUT2D eigenvalue weighted by atomic mass is 16.5. The maximum atomic E-state index is 12.4. The molecule has 0 aliphatic carbocycles. The fourth-order valence-electron chi connectivity index (χ4n) is 2.59. The molecule has 0 N–H and O–H groups in total. The van der Waals surface area contributed by atoms with Crippen molar-refractivity contribution >= 4 is 5.91 Å². The van der Waals surface area contributed by atoms with Gasteiger partial charge in [-0.3, -0.25) is 4.79 Å². The second kappa shape index (κ2) is 7.88. The Balaban J connectivity index is 1.51. The summed E-state index contributed by atoms with van der Waals surface area (Å²) in [5.74, 6) is 1.47. The average Bonchev–Trinajstić information content (AvgIpc) is 2.63. The molecule has 1 saturated heterocycles. The summed E-state index contributed by atoms with van der Waals surface area (Å²) in [5.41, 5.74) is 0.892. The van der Waals surface area contributed by atoms with Gasteiger partial charge in [0.05, 0.1) is 26.2 Å². The fourth-order valence-corrected chi connectivity index (χ4v) is 2.59. The van der Waals surface area contributed by atoms with Crippen molar-refractivity contribution in [2.45, 2.75) is 19.4 Å². The molecule has 1 aromatic carbocycles. The van der Waals surface area contributed by atoms with Crippen LogP contribution in [-0.2, 0) is 9.53 Å². The Morgan fingerprint density at radius 3 is 2.96 bits per heavy atom. The number of benzene rings is 1. The third kappa shape index (κ3) is 4.29. The van der Waals surface area contributed by atoms with Gasteiger partial charge in [-0.05, 0) is 25.1 Å². The first-order valence-electron chi connectivity index (χ1n) is 8.09. The van der Waals surface area contributed by atoms with E-state index in [1.807, 2.05) is 43.3 Å². The van der Waals surface area contributed by atoms with Gasteiger partial charge >= 0.3 is 0 Å². The van der Waals surface area contributed by atoms with Gasteiger partial charge in [-0.15, -0.1) is 0 Å². The third-order valence-electron chi connectivity index (χ3n) is 3.85. The average molecular weight is 327 g/mol. The Morgan fingerprint density at radius 1 is 1.33 bits per heavy atom. The highest BCUT2D eigenvalue weighted by Crippen LogP contribution is 2.19. The van der Waals surface area contributed by atoms with E-state index in [2.05, 4.69) is 9.97 Å². The topological polar surface area (TPSA) is 64.6 Å². The van der Waals surface area contributed by atoms with E-state index in [1.54, 1.807) is 11.1 Å². The minimum absolute atomic E-state index is 0.0619. The summed E-state index contributed by atoms with van der Waals surface area (Å²) < 4.78 is 11.3. The summed E-state index contributed by atoms with van der Waals surface area (Å²) in [5, 5.41) is 0. The normalized spacial score (nSPS) is 17.5. The molecule has 1 fully saturated rings. The minimum atomic E-state index is -0.266. The molecule has 1 aliphatic rings. The highest BCUT2D eigenvalue weighted by Gasteiger charge is 2.27. The van der Waals surface area contributed by atoms with Gasteiger partial charge in [0.25, 0.3) is 0 Å². The minimum Gasteiger partial charge on any atom is -0.493 e. The van der Waals surface area contributed by atoms with Gasteiger partial charge in [0.15, 0.2) is 5.82 Å². The van der Waals surface area contributed by atoms with Crippen molar-refractivity contribution in [3.05, 3.63) is 54.1 Å². The zero-order valence-corrected chi connectivity index (χ0v) is 13.7. The molecule has 0 radical (unpaired) electrons. The van der Waals surface area contributed by atoms with E-state index in [9.17, 15) is 4.79 Å². The second-order valence-corrected chi connectivity index (χ2v) is 5.67. The predicted octanol–water partition coefficient (Wildman–Crippen LogP) is 2.15. The van der Waals surface area contributed by atoms with E-state index in [0.717, 1.165) is 11.4 Å². The Morgan fingerprint density at radius 2 is 2.17 bits per heavy atom. The summed E-state index contributed by atoms with van der Waals surface area (Å²) in [6.07, 6.45) is 1.80. The van der Waals surface area contributed by atoms with Crippen molar-refractivity contribution in [2.24, 2.45) is 0 Å². The number of hydrogen-bond acceptors (Lipinski definition) is 5. The SMILES string of the molecule is Cc1ccnc([C@H]2CN(C(=O)CCOc3ccccc3)CCO2)n1. The second-order valence-electron chi connectivity index (χ2n) is 5.67. The smallest absolute Gasteiger partial charge is 0.226 e. The van der Waals surface area contributed by atoms with Crippen molar-refractivity contribution in [1.29, 1.82) is 0 Å². The molecule has 2 aromatic rings. The lowest BCUT2D eigenvalue weighted by Crippen LogP contribution is -2.43. The first kappa shape index (κ1) is 16.4. The molecule has 126 valence electrons. The summed E-state index contributed by atoms with van der Waals surface area (Å²) in [6, 6.07) is 11.3. The lowest BCUT2D eigenvalue weighted by molar-refractivity contribution is -0.139. The molecule has 1 amide bonds. The van der Waals surface area contributed by atoms with E-state index in [-0.39, 0.29) is 12.0 Å². The Bertz CT molecular complexity index is 678. The van der Waals surface area contributed by atoms with Crippen LogP contribution in [0.15, 0.2) is 42.6 Å². The van der Waals surface area contributed by atoms with Gasteiger partial charge in [-0.2, -0.15) is 0 Å². The van der Waals surface area contributed by atoms with E-state index < -0.39 is 0 Å². The van der Waals surface area contributed by atoms with Crippen LogP contribution in [0.5, 0.6) is 5.75 Å². The Hall–Kier alpha value is -2.47. The van der Waals surface area contributed by atoms with Gasteiger partial charge in [-0.1, -0.05) is 18.2 Å². The van der Waals surface area contributed by atoms with Gasteiger partial charge in [0.2, 0.25) is 5.91 Å². The summed E-state index contributed by atoms with van der Waals surface area (Å²) in [6.45, 7) is 3.84. The van der Waals surface area contributed by atoms with E-state index in [0.29, 0.717) is 38.5 Å². The predicted molar refractivity (Wildman–Crippen MR) is 88.6 cm³/mol. The van der Waals surface area contributed by atoms with Gasteiger partial charge < -0.3 is 14.4 Å². The number of carbonyl (C=O) groups excluding carboxylic acids is 1. The molecule has 1 aliphatic heterocycles. The number of para-hydroxylation sites is 1. The van der Waals surface area contributed by atoms with E-state index in [4.69, 9.17) is 9.47 Å². The van der Waals surface area contributed by atoms with Crippen LogP contribution >= 0.6 is 0 Å². The van der Waals surface area contributed by atoms with Crippen LogP contribution in [-0.4, -0.2) is 47.1 Å². The lowest BCUT2D eigenvalue weighted by Gasteiger charge is -2.32. The van der Waals surface area contributed by atoms with Crippen LogP contribution in [0.25, 0.3) is 0 Å². The summed E-state index contributed by atoms with van der Waals surface area (Å²) in [4.78, 5) is 22.8. The number of nitrogens with zero attached hydrogens (tertiary/aromatic N) is 3. The highest BCUT2D eigenvalue weighted by molar-refractivity contribution is 5.76. The molecule has 24 heavy (non-hydrogen) atoms. The molecule has 6 heteroatoms. The quantitative estimate of drug-likeness (QED) is 0.842. The Labute approximate surface area is 141 Å². The van der Waals surface area contributed by atoms with Crippen LogP contribution < -0.4 is 4.74 Å². The van der Waals surface area contributed by atoms with Gasteiger partial charge in [0.1, 0.15) is 11.9 Å². The van der Waals surface area contributed by atoms with Crippen LogP contribution in [0.1, 0.15) is 24.0 Å². The van der Waals surface area contributed by atoms with Crippen LogP contribution in [0.3, 0.4) is 0 Å². The first-order valence-corrected chi connectivity index (χ1v) is 8.09. The molecular formula is C18H21N3O3. The van der Waals surface area contributed by atoms with Crippen molar-refractivity contribution in [1.82, 2.24) is 14.9 Å². The molecule has 0 saturated carbocycles. The van der Waals surface area contributed by atoms with E-state index >= 15 is 0 Å². The summed E-state index contributed by atoms with van der Waals surface area (Å²) in [7, 11) is 0. The number of rotatable bonds is 5. The monoisotopic (exact) mass is 327 g/mol. The molecule has 2 heterocycles. The van der Waals surface area contributed by atoms with Crippen molar-refractivity contribution in [2.75, 3.05) is 26.3 Å². The molecule has 3 rings (SSSR count). The lowest BCUT2D eigenvalue weighted by atomic mass is 10.2. The first-order chi connectivity index (χ1) is 11.7. The zero-order chi connectivity index (χ0) is 16.8. The molecular weight excluding hydrogens is 306 g/mol. The molecule has 6 nitrogen and oxygen atoms in total. The largest absolute Gasteiger partial charge is 0.493 e. The standard InChI is InChI=1S/C18H21N3O3/c1-14-7-9-19-18(20-14)16-13-21(10-12-24-16)17(22)8-11-23-15-5-3-2-4-6-15/h2-7,9,16H,8,10-13H2,1H3/t16-/m1/s1. The van der Waals surface area contributed by atoms with Gasteiger partial charge in [-0.25, -0.2) is 9.97 Å². The third-order valence-corrected chi connectivity index (χ3v) is 3.85. The maximum absolute atomic E-state index is 12.4. The molecule has 0 bridgehead atoms. The number of aromatic nitrogens is 2. The van der Waals surface area contributed by atoms with Crippen LogP contribution in [0, 0.1) is 6.92 Å². The number of amides is 1. The fraction of sp³-hybridized carbons (Fsp3) is 0.389. The number of hydrogen-bond donors (Lipinski definition) is 0. The molecule has 0 unspecified atom stereocenters. The number of morpholine rings is 1. The van der Waals surface area contributed by atoms with Crippen molar-refractivity contribution in [3.8, 4) is 5.75 Å². The van der Waals surface area contributed by atoms with Gasteiger partial charge in [0, 0.05) is 18.4 Å². The number of aryl methyl sites for hydroxylation is 1. The summed E-state index contributed by atoms with van der Waals surface area (Å²) >= 11 is 0. The van der Waals surface area contributed by atoms with Crippen LogP contribution in [0.2, 0.25) is 0 Å². The molecule has 0 spiro atoms. The van der Waals surface area contributed by atoms with Crippen molar-refractivity contribution in [3.63, 3.8) is 0 Å². The maximum Gasteiger partial charge on any atom is 0.226 e. The van der Waals surface area contributed by atoms with Crippen LogP contribution in [0.4, 0.5) is 0 Å². The van der Waals surface area contributed by atoms with Crippen molar-refractivity contribution < 1.29 is 14.3 Å². The number of carbonyl (C=O) groups is 1. The Kier molecular flexibility index (Phi) is 5.38. The zero-order valence-electron chi connectivity index (χ0n) is 13.7. The molecule has 1 atom stereocenters.